The van der Waals surface area contributed by atoms with Crippen LogP contribution in [-0.2, 0) is 24.3 Å². The fourth-order valence-corrected chi connectivity index (χ4v) is 4.75. The van der Waals surface area contributed by atoms with Crippen molar-refractivity contribution in [1.29, 1.82) is 0 Å². The molecule has 5 rings (SSSR count). The van der Waals surface area contributed by atoms with Crippen molar-refractivity contribution in [1.82, 2.24) is 14.9 Å². The van der Waals surface area contributed by atoms with Crippen LogP contribution in [0.5, 0.6) is 0 Å². The fourth-order valence-electron chi connectivity index (χ4n) is 4.75. The predicted octanol–water partition coefficient (Wildman–Crippen LogP) is 5.87. The van der Waals surface area contributed by atoms with Crippen LogP contribution < -0.4 is 10.6 Å². The van der Waals surface area contributed by atoms with Gasteiger partial charge in [-0.3, -0.25) is 5.32 Å². The van der Waals surface area contributed by atoms with Crippen molar-refractivity contribution in [3.8, 4) is 11.1 Å². The molecule has 0 fully saturated rings. The van der Waals surface area contributed by atoms with Gasteiger partial charge in [-0.15, -0.1) is 0 Å². The number of nitrogens with zero attached hydrogens (tertiary/aromatic N) is 3. The summed E-state index contributed by atoms with van der Waals surface area (Å²) in [5.74, 6) is 0.443. The quantitative estimate of drug-likeness (QED) is 0.308. The van der Waals surface area contributed by atoms with Crippen molar-refractivity contribution in [2.24, 2.45) is 0 Å². The highest BCUT2D eigenvalue weighted by Crippen LogP contribution is 2.35. The number of likely N-dealkylation sites (N-methyl/N-ethyl adjacent to an activating group) is 1. The number of fused-ring (bicyclic) bond motifs is 2. The summed E-state index contributed by atoms with van der Waals surface area (Å²) < 4.78 is 5.46. The molecule has 3 aromatic carbocycles. The minimum atomic E-state index is -0.628. The van der Waals surface area contributed by atoms with Gasteiger partial charge in [-0.2, -0.15) is 0 Å². The summed E-state index contributed by atoms with van der Waals surface area (Å²) in [6, 6.07) is 17.7. The van der Waals surface area contributed by atoms with Gasteiger partial charge in [0.05, 0.1) is 17.8 Å². The molecule has 196 valence electrons. The third kappa shape index (κ3) is 5.61. The maximum atomic E-state index is 12.6. The highest BCUT2D eigenvalue weighted by molar-refractivity contribution is 6.05. The average Bonchev–Trinajstić information content (AvgIpc) is 2.87. The SMILES string of the molecule is CN1CCc2ccc(Nc3ncc4c(NC(=O)OC(C)(C)C)ccc(-c5ccccc5CO)c4n3)cc2C1. The summed E-state index contributed by atoms with van der Waals surface area (Å²) in [7, 11) is 2.13. The van der Waals surface area contributed by atoms with Crippen molar-refractivity contribution < 1.29 is 14.6 Å². The van der Waals surface area contributed by atoms with E-state index in [4.69, 9.17) is 9.72 Å². The van der Waals surface area contributed by atoms with Crippen LogP contribution in [0.4, 0.5) is 22.1 Å². The van der Waals surface area contributed by atoms with Gasteiger partial charge in [0.25, 0.3) is 0 Å². The van der Waals surface area contributed by atoms with E-state index in [0.717, 1.165) is 41.9 Å². The largest absolute Gasteiger partial charge is 0.444 e. The van der Waals surface area contributed by atoms with Crippen LogP contribution in [0.25, 0.3) is 22.0 Å². The van der Waals surface area contributed by atoms with Crippen LogP contribution in [-0.4, -0.2) is 45.3 Å². The number of hydrogen-bond donors (Lipinski definition) is 3. The van der Waals surface area contributed by atoms with E-state index in [9.17, 15) is 9.90 Å². The number of ether oxygens (including phenoxy) is 1. The molecular formula is C30H33N5O3. The second-order valence-corrected chi connectivity index (χ2v) is 10.7. The first-order valence-electron chi connectivity index (χ1n) is 12.8. The minimum Gasteiger partial charge on any atom is -0.444 e. The van der Waals surface area contributed by atoms with Crippen molar-refractivity contribution in [3.63, 3.8) is 0 Å². The van der Waals surface area contributed by atoms with Crippen LogP contribution in [0.3, 0.4) is 0 Å². The Labute approximate surface area is 222 Å². The lowest BCUT2D eigenvalue weighted by atomic mass is 9.97. The molecule has 1 aromatic heterocycles. The number of aliphatic hydroxyl groups is 1. The molecule has 0 bridgehead atoms. The number of nitrogens with one attached hydrogen (secondary N) is 2. The lowest BCUT2D eigenvalue weighted by molar-refractivity contribution is 0.0636. The molecule has 8 heteroatoms. The maximum absolute atomic E-state index is 12.6. The molecule has 1 aliphatic rings. The fraction of sp³-hybridized carbons (Fsp3) is 0.300. The maximum Gasteiger partial charge on any atom is 0.412 e. The molecule has 0 saturated heterocycles. The summed E-state index contributed by atoms with van der Waals surface area (Å²) in [4.78, 5) is 24.3. The van der Waals surface area contributed by atoms with Crippen LogP contribution >= 0.6 is 0 Å². The molecule has 0 radical (unpaired) electrons. The Morgan fingerprint density at radius 1 is 1.08 bits per heavy atom. The monoisotopic (exact) mass is 511 g/mol. The lowest BCUT2D eigenvalue weighted by Crippen LogP contribution is -2.27. The van der Waals surface area contributed by atoms with E-state index >= 15 is 0 Å². The van der Waals surface area contributed by atoms with E-state index in [0.29, 0.717) is 22.5 Å². The number of amides is 1. The van der Waals surface area contributed by atoms with Gasteiger partial charge in [-0.1, -0.05) is 36.4 Å². The van der Waals surface area contributed by atoms with Gasteiger partial charge in [-0.25, -0.2) is 14.8 Å². The molecule has 0 unspecified atom stereocenters. The van der Waals surface area contributed by atoms with Gasteiger partial charge in [-0.05, 0) is 74.7 Å². The van der Waals surface area contributed by atoms with E-state index in [1.54, 1.807) is 6.20 Å². The van der Waals surface area contributed by atoms with Gasteiger partial charge in [0, 0.05) is 35.9 Å². The summed E-state index contributed by atoms with van der Waals surface area (Å²) in [5, 5.41) is 16.8. The Kier molecular flexibility index (Phi) is 7.01. The zero-order chi connectivity index (χ0) is 26.9. The Morgan fingerprint density at radius 3 is 2.68 bits per heavy atom. The number of anilines is 3. The second-order valence-electron chi connectivity index (χ2n) is 10.7. The normalized spacial score (nSPS) is 13.7. The first kappa shape index (κ1) is 25.6. The van der Waals surface area contributed by atoms with Crippen molar-refractivity contribution in [2.75, 3.05) is 24.2 Å². The van der Waals surface area contributed by atoms with Gasteiger partial charge >= 0.3 is 6.09 Å². The Morgan fingerprint density at radius 2 is 1.89 bits per heavy atom. The van der Waals surface area contributed by atoms with E-state index in [1.165, 1.54) is 11.1 Å². The molecule has 0 spiro atoms. The van der Waals surface area contributed by atoms with Crippen LogP contribution in [0, 0.1) is 0 Å². The summed E-state index contributed by atoms with van der Waals surface area (Å²) in [6.45, 7) is 7.32. The molecule has 2 heterocycles. The average molecular weight is 512 g/mol. The third-order valence-corrected chi connectivity index (χ3v) is 6.53. The molecule has 1 amide bonds. The highest BCUT2D eigenvalue weighted by atomic mass is 16.6. The summed E-state index contributed by atoms with van der Waals surface area (Å²) >= 11 is 0. The highest BCUT2D eigenvalue weighted by Gasteiger charge is 2.19. The van der Waals surface area contributed by atoms with Crippen LogP contribution in [0.2, 0.25) is 0 Å². The standard InChI is InChI=1S/C30H33N5O3/c1-30(2,3)38-29(37)33-26-12-11-24(23-8-6-5-7-20(23)18-36)27-25(26)16-31-28(34-27)32-22-10-9-19-13-14-35(4)17-21(19)15-22/h5-12,15-16,36H,13-14,17-18H2,1-4H3,(H,33,37)(H,31,32,34). The number of hydrogen-bond acceptors (Lipinski definition) is 7. The van der Waals surface area contributed by atoms with Crippen molar-refractivity contribution in [3.05, 3.63) is 77.5 Å². The van der Waals surface area contributed by atoms with E-state index in [2.05, 4.69) is 45.8 Å². The molecule has 0 atom stereocenters. The topological polar surface area (TPSA) is 99.6 Å². The molecule has 4 aromatic rings. The number of carbonyl (C=O) groups is 1. The molecule has 0 saturated carbocycles. The predicted molar refractivity (Wildman–Crippen MR) is 151 cm³/mol. The van der Waals surface area contributed by atoms with Crippen molar-refractivity contribution in [2.45, 2.75) is 45.9 Å². The molecule has 8 nitrogen and oxygen atoms in total. The van der Waals surface area contributed by atoms with E-state index < -0.39 is 11.7 Å². The van der Waals surface area contributed by atoms with Crippen LogP contribution in [0.1, 0.15) is 37.5 Å². The Balaban J connectivity index is 1.56. The van der Waals surface area contributed by atoms with Gasteiger partial charge < -0.3 is 20.1 Å². The summed E-state index contributed by atoms with van der Waals surface area (Å²) in [6.07, 6.45) is 2.19. The number of aliphatic hydroxyl groups excluding tert-OH is 1. The third-order valence-electron chi connectivity index (χ3n) is 6.53. The molecule has 3 N–H and O–H groups in total. The lowest BCUT2D eigenvalue weighted by Gasteiger charge is -2.25. The van der Waals surface area contributed by atoms with E-state index in [1.807, 2.05) is 57.2 Å². The van der Waals surface area contributed by atoms with Gasteiger partial charge in [0.1, 0.15) is 5.60 Å². The molecule has 38 heavy (non-hydrogen) atoms. The first-order chi connectivity index (χ1) is 18.2. The van der Waals surface area contributed by atoms with Gasteiger partial charge in [0.2, 0.25) is 5.95 Å². The molecule has 0 aliphatic carbocycles. The van der Waals surface area contributed by atoms with Gasteiger partial charge in [0.15, 0.2) is 0 Å². The number of rotatable bonds is 5. The molecule has 1 aliphatic heterocycles. The number of aromatic nitrogens is 2. The van der Waals surface area contributed by atoms with Crippen LogP contribution in [0.15, 0.2) is 60.8 Å². The number of carbonyl (C=O) groups excluding carboxylic acids is 1. The Hall–Kier alpha value is -4.01. The zero-order valence-corrected chi connectivity index (χ0v) is 22.2. The zero-order valence-electron chi connectivity index (χ0n) is 22.2. The molecular weight excluding hydrogens is 478 g/mol. The Bertz CT molecular complexity index is 1500. The minimum absolute atomic E-state index is 0.102. The number of benzene rings is 3. The van der Waals surface area contributed by atoms with Crippen molar-refractivity contribution >= 4 is 34.3 Å². The second kappa shape index (κ2) is 10.4. The van der Waals surface area contributed by atoms with E-state index in [-0.39, 0.29) is 6.61 Å². The summed E-state index contributed by atoms with van der Waals surface area (Å²) in [5.41, 5.74) is 6.63. The smallest absolute Gasteiger partial charge is 0.412 e. The first-order valence-corrected chi connectivity index (χ1v) is 12.8.